The van der Waals surface area contributed by atoms with Crippen molar-refractivity contribution >= 4 is 28.9 Å². The third-order valence-electron chi connectivity index (χ3n) is 4.21. The van der Waals surface area contributed by atoms with Gasteiger partial charge < -0.3 is 0 Å². The molecule has 0 atom stereocenters. The van der Waals surface area contributed by atoms with Gasteiger partial charge in [-0.2, -0.15) is 0 Å². The van der Waals surface area contributed by atoms with Crippen molar-refractivity contribution in [1.29, 1.82) is 0 Å². The first-order valence-corrected chi connectivity index (χ1v) is 11.4. The van der Waals surface area contributed by atoms with Gasteiger partial charge in [0.2, 0.25) is 0 Å². The molecule has 1 N–H and O–H groups in total. The van der Waals surface area contributed by atoms with Crippen LogP contribution in [-0.2, 0) is 11.1 Å². The fourth-order valence-corrected chi connectivity index (χ4v) is 6.63. The highest BCUT2D eigenvalue weighted by Gasteiger charge is 2.25. The Balaban J connectivity index is 1.69. The van der Waals surface area contributed by atoms with Gasteiger partial charge in [0.15, 0.2) is 7.29 Å². The smallest absolute Gasteiger partial charge is 0.193 e. The number of rotatable bonds is 5. The molecular formula is C22H19N2OPS. The van der Waals surface area contributed by atoms with Crippen molar-refractivity contribution in [3.63, 3.8) is 0 Å². The van der Waals surface area contributed by atoms with Gasteiger partial charge in [-0.3, -0.25) is 14.6 Å². The summed E-state index contributed by atoms with van der Waals surface area (Å²) in [6.45, 7) is 0.507. The van der Waals surface area contributed by atoms with E-state index < -0.39 is 7.29 Å². The molecule has 0 radical (unpaired) electrons. The van der Waals surface area contributed by atoms with E-state index in [-0.39, 0.29) is 0 Å². The van der Waals surface area contributed by atoms with Crippen LogP contribution < -0.4 is 5.09 Å². The van der Waals surface area contributed by atoms with E-state index in [4.69, 9.17) is 0 Å². The fourth-order valence-electron chi connectivity index (χ4n) is 2.84. The summed E-state index contributed by atoms with van der Waals surface area (Å²) < 4.78 is 13.7. The summed E-state index contributed by atoms with van der Waals surface area (Å²) >= 11 is 1.66. The van der Waals surface area contributed by atoms with Crippen LogP contribution in [0.4, 0.5) is 0 Å². The van der Waals surface area contributed by atoms with Crippen LogP contribution in [0, 0.1) is 0 Å². The number of aromatic nitrogens is 1. The lowest BCUT2D eigenvalue weighted by Gasteiger charge is -2.22. The largest absolute Gasteiger partial charge is 0.298 e. The van der Waals surface area contributed by atoms with Crippen molar-refractivity contribution < 1.29 is 4.57 Å². The number of thioether (sulfide) groups is 1. The van der Waals surface area contributed by atoms with Gasteiger partial charge in [-0.05, 0) is 22.8 Å². The van der Waals surface area contributed by atoms with Crippen LogP contribution in [0.25, 0.3) is 9.81 Å². The highest BCUT2D eigenvalue weighted by atomic mass is 32.2. The molecule has 1 aliphatic heterocycles. The summed E-state index contributed by atoms with van der Waals surface area (Å²) in [5.74, 6) is 3.77. The minimum Gasteiger partial charge on any atom is -0.298 e. The van der Waals surface area contributed by atoms with E-state index in [1.807, 2.05) is 60.2 Å². The molecule has 0 spiro atoms. The van der Waals surface area contributed by atoms with Gasteiger partial charge in [-0.1, -0.05) is 78.5 Å². The maximum absolute atomic E-state index is 13.7. The quantitative estimate of drug-likeness (QED) is 0.527. The van der Waals surface area contributed by atoms with Crippen LogP contribution in [0.1, 0.15) is 16.7 Å². The molecule has 0 bridgehead atoms. The van der Waals surface area contributed by atoms with Gasteiger partial charge in [0, 0.05) is 40.4 Å². The minimum absolute atomic E-state index is 0.507. The van der Waals surface area contributed by atoms with Crippen LogP contribution in [0.15, 0.2) is 96.8 Å². The first kappa shape index (κ1) is 18.0. The molecule has 0 saturated carbocycles. The molecule has 4 rings (SSSR count). The van der Waals surface area contributed by atoms with E-state index in [9.17, 15) is 4.57 Å². The molecule has 1 aliphatic rings. The number of pyridine rings is 1. The average Bonchev–Trinajstić information content (AvgIpc) is 2.74. The van der Waals surface area contributed by atoms with E-state index in [1.54, 1.807) is 24.2 Å². The second-order valence-electron chi connectivity index (χ2n) is 6.23. The summed E-state index contributed by atoms with van der Waals surface area (Å²) in [6, 6.07) is 24.1. The topological polar surface area (TPSA) is 42.0 Å². The molecule has 0 fully saturated rings. The van der Waals surface area contributed by atoms with Crippen LogP contribution >= 0.6 is 19.1 Å². The lowest BCUT2D eigenvalue weighted by Crippen LogP contribution is -2.09. The Morgan fingerprint density at radius 3 is 1.93 bits per heavy atom. The van der Waals surface area contributed by atoms with Crippen LogP contribution in [0.5, 0.6) is 0 Å². The molecule has 0 saturated heterocycles. The van der Waals surface area contributed by atoms with Gasteiger partial charge in [0.1, 0.15) is 0 Å². The van der Waals surface area contributed by atoms with Gasteiger partial charge >= 0.3 is 0 Å². The normalized spacial score (nSPS) is 15.7. The van der Waals surface area contributed by atoms with E-state index in [2.05, 4.69) is 34.3 Å². The molecule has 2 aromatic carbocycles. The lowest BCUT2D eigenvalue weighted by molar-refractivity contribution is 0.577. The highest BCUT2D eigenvalue weighted by Crippen LogP contribution is 2.58. The van der Waals surface area contributed by atoms with E-state index in [0.29, 0.717) is 6.54 Å². The standard InChI is InChI=1S/C22H19N2OPS/c25-26(24-15-18-8-7-13-23-14-18)16-21(19-9-3-1-4-10-19)27-22(17-26)20-11-5-2-6-12-20/h1-14,16-17H,15H2,(H,24,25). The molecular weight excluding hydrogens is 371 g/mol. The summed E-state index contributed by atoms with van der Waals surface area (Å²) in [5.41, 5.74) is 3.16. The highest BCUT2D eigenvalue weighted by molar-refractivity contribution is 8.17. The van der Waals surface area contributed by atoms with Crippen molar-refractivity contribution in [2.24, 2.45) is 0 Å². The molecule has 1 aromatic heterocycles. The van der Waals surface area contributed by atoms with E-state index in [0.717, 1.165) is 26.5 Å². The molecule has 27 heavy (non-hydrogen) atoms. The second kappa shape index (κ2) is 8.10. The third kappa shape index (κ3) is 4.48. The Morgan fingerprint density at radius 1 is 0.815 bits per heavy atom. The van der Waals surface area contributed by atoms with Crippen molar-refractivity contribution in [2.45, 2.75) is 6.54 Å². The van der Waals surface area contributed by atoms with Crippen molar-refractivity contribution in [3.05, 3.63) is 114 Å². The van der Waals surface area contributed by atoms with Gasteiger partial charge in [0.25, 0.3) is 0 Å². The zero-order valence-corrected chi connectivity index (χ0v) is 16.4. The third-order valence-corrected chi connectivity index (χ3v) is 7.64. The Bertz CT molecular complexity index is 958. The van der Waals surface area contributed by atoms with Crippen LogP contribution in [0.3, 0.4) is 0 Å². The van der Waals surface area contributed by atoms with Crippen molar-refractivity contribution in [3.8, 4) is 0 Å². The molecule has 2 heterocycles. The maximum atomic E-state index is 13.7. The van der Waals surface area contributed by atoms with Crippen molar-refractivity contribution in [2.75, 3.05) is 0 Å². The average molecular weight is 390 g/mol. The molecule has 134 valence electrons. The molecule has 3 nitrogen and oxygen atoms in total. The minimum atomic E-state index is -2.84. The number of nitrogens with one attached hydrogen (secondary N) is 1. The van der Waals surface area contributed by atoms with Crippen molar-refractivity contribution in [1.82, 2.24) is 10.1 Å². The number of nitrogens with zero attached hydrogens (tertiary/aromatic N) is 1. The van der Waals surface area contributed by atoms with Crippen LogP contribution in [0.2, 0.25) is 0 Å². The first-order chi connectivity index (χ1) is 13.2. The summed E-state index contributed by atoms with van der Waals surface area (Å²) in [6.07, 6.45) is 3.53. The summed E-state index contributed by atoms with van der Waals surface area (Å²) in [4.78, 5) is 6.16. The Morgan fingerprint density at radius 2 is 1.41 bits per heavy atom. The summed E-state index contributed by atoms with van der Waals surface area (Å²) in [5, 5.41) is 3.26. The predicted octanol–water partition coefficient (Wildman–Crippen LogP) is 6.19. The molecule has 5 heteroatoms. The Labute approximate surface area is 163 Å². The van der Waals surface area contributed by atoms with Gasteiger partial charge in [0.05, 0.1) is 0 Å². The second-order valence-corrected chi connectivity index (χ2v) is 9.56. The van der Waals surface area contributed by atoms with Gasteiger partial charge in [-0.15, -0.1) is 0 Å². The molecule has 3 aromatic rings. The molecule has 0 unspecified atom stereocenters. The Hall–Kier alpha value is -2.39. The van der Waals surface area contributed by atoms with Gasteiger partial charge in [-0.25, -0.2) is 0 Å². The maximum Gasteiger partial charge on any atom is 0.193 e. The monoisotopic (exact) mass is 390 g/mol. The molecule has 0 amide bonds. The molecule has 0 aliphatic carbocycles. The predicted molar refractivity (Wildman–Crippen MR) is 115 cm³/mol. The number of hydrogen-bond acceptors (Lipinski definition) is 3. The number of benzene rings is 2. The first-order valence-electron chi connectivity index (χ1n) is 8.70. The Kier molecular flexibility index (Phi) is 5.40. The van der Waals surface area contributed by atoms with E-state index in [1.165, 1.54) is 0 Å². The van der Waals surface area contributed by atoms with E-state index >= 15 is 0 Å². The SMILES string of the molecule is O=P1(NCc2cccnc2)C=C(c2ccccc2)SC(c2ccccc2)=C1. The number of hydrogen-bond donors (Lipinski definition) is 1. The lowest BCUT2D eigenvalue weighted by atomic mass is 10.2. The van der Waals surface area contributed by atoms with Crippen LogP contribution in [-0.4, -0.2) is 4.98 Å². The zero-order valence-electron chi connectivity index (χ0n) is 14.7. The summed E-state index contributed by atoms with van der Waals surface area (Å²) in [7, 11) is -2.84. The fraction of sp³-hybridized carbons (Fsp3) is 0.0455. The zero-order chi connectivity index (χ0) is 18.5.